The van der Waals surface area contributed by atoms with Crippen molar-refractivity contribution in [2.24, 2.45) is 5.73 Å². The Balaban J connectivity index is 2.81. The summed E-state index contributed by atoms with van der Waals surface area (Å²) in [7, 11) is 0. The van der Waals surface area contributed by atoms with Crippen LogP contribution in [0, 0.1) is 0 Å². The summed E-state index contributed by atoms with van der Waals surface area (Å²) in [5.41, 5.74) is 8.57. The van der Waals surface area contributed by atoms with Gasteiger partial charge in [-0.15, -0.1) is 0 Å². The van der Waals surface area contributed by atoms with E-state index in [1.54, 1.807) is 0 Å². The van der Waals surface area contributed by atoms with Gasteiger partial charge in [0.2, 0.25) is 0 Å². The van der Waals surface area contributed by atoms with Gasteiger partial charge in [-0.2, -0.15) is 0 Å². The highest BCUT2D eigenvalue weighted by molar-refractivity contribution is 5.26. The van der Waals surface area contributed by atoms with Crippen molar-refractivity contribution in [2.75, 3.05) is 19.6 Å². The normalized spacial score (nSPS) is 19.5. The second kappa shape index (κ2) is 6.67. The largest absolute Gasteiger partial charge is 0.375 e. The van der Waals surface area contributed by atoms with Crippen molar-refractivity contribution in [1.29, 1.82) is 0 Å². The summed E-state index contributed by atoms with van der Waals surface area (Å²) in [5, 5.41) is 0. The Morgan fingerprint density at radius 3 is 2.40 bits per heavy atom. The number of allylic oxidation sites excluding steroid dienone is 2. The van der Waals surface area contributed by atoms with Crippen LogP contribution in [0.25, 0.3) is 0 Å². The smallest absolute Gasteiger partial charge is 0.0195 e. The Kier molecular flexibility index (Phi) is 5.48. The topological polar surface area (TPSA) is 29.3 Å². The molecule has 0 aromatic carbocycles. The van der Waals surface area contributed by atoms with Gasteiger partial charge in [0.05, 0.1) is 0 Å². The summed E-state index contributed by atoms with van der Waals surface area (Å²) in [5.74, 6) is 0. The minimum Gasteiger partial charge on any atom is -0.375 e. The van der Waals surface area contributed by atoms with Gasteiger partial charge < -0.3 is 10.6 Å². The van der Waals surface area contributed by atoms with Crippen molar-refractivity contribution in [1.82, 2.24) is 4.90 Å². The van der Waals surface area contributed by atoms with Gasteiger partial charge in [0.1, 0.15) is 0 Å². The average Bonchev–Trinajstić information content (AvgIpc) is 2.30. The van der Waals surface area contributed by atoms with Crippen molar-refractivity contribution in [3.05, 3.63) is 23.4 Å². The minimum atomic E-state index is 0.657. The third-order valence-electron chi connectivity index (χ3n) is 3.03. The molecule has 0 bridgehead atoms. The average molecular weight is 208 g/mol. The van der Waals surface area contributed by atoms with E-state index >= 15 is 0 Å². The zero-order valence-corrected chi connectivity index (χ0v) is 10.1. The van der Waals surface area contributed by atoms with Gasteiger partial charge in [0.15, 0.2) is 0 Å². The molecule has 1 heterocycles. The predicted molar refractivity (Wildman–Crippen MR) is 66.6 cm³/mol. The van der Waals surface area contributed by atoms with Crippen molar-refractivity contribution < 1.29 is 0 Å². The second-order valence-electron chi connectivity index (χ2n) is 4.08. The first-order valence-electron chi connectivity index (χ1n) is 6.13. The summed E-state index contributed by atoms with van der Waals surface area (Å²) in [6.07, 6.45) is 9.38. The summed E-state index contributed by atoms with van der Waals surface area (Å²) in [6.45, 7) is 7.36. The van der Waals surface area contributed by atoms with E-state index in [1.807, 2.05) is 0 Å². The van der Waals surface area contributed by atoms with E-state index in [-0.39, 0.29) is 0 Å². The quantitative estimate of drug-likeness (QED) is 0.720. The molecule has 1 saturated heterocycles. The van der Waals surface area contributed by atoms with E-state index in [0.717, 1.165) is 6.42 Å². The summed E-state index contributed by atoms with van der Waals surface area (Å²) in [6, 6.07) is 0. The molecule has 1 aliphatic heterocycles. The van der Waals surface area contributed by atoms with E-state index in [4.69, 9.17) is 5.73 Å². The van der Waals surface area contributed by atoms with E-state index < -0.39 is 0 Å². The molecule has 0 aliphatic carbocycles. The van der Waals surface area contributed by atoms with E-state index in [0.29, 0.717) is 6.54 Å². The summed E-state index contributed by atoms with van der Waals surface area (Å²) in [4.78, 5) is 2.52. The first-order valence-corrected chi connectivity index (χ1v) is 6.13. The molecular weight excluding hydrogens is 184 g/mol. The Bertz CT molecular complexity index is 235. The van der Waals surface area contributed by atoms with Gasteiger partial charge in [0, 0.05) is 25.3 Å². The summed E-state index contributed by atoms with van der Waals surface area (Å²) >= 11 is 0. The molecule has 86 valence electrons. The third kappa shape index (κ3) is 3.38. The molecule has 1 rings (SSSR count). The Morgan fingerprint density at radius 2 is 1.93 bits per heavy atom. The molecule has 1 aliphatic rings. The molecule has 15 heavy (non-hydrogen) atoms. The van der Waals surface area contributed by atoms with Crippen LogP contribution in [0.15, 0.2) is 23.4 Å². The van der Waals surface area contributed by atoms with Crippen LogP contribution in [0.2, 0.25) is 0 Å². The molecule has 0 amide bonds. The third-order valence-corrected chi connectivity index (χ3v) is 3.03. The van der Waals surface area contributed by atoms with Crippen LogP contribution in [0.4, 0.5) is 0 Å². The fraction of sp³-hybridized carbons (Fsp3) is 0.692. The first-order chi connectivity index (χ1) is 7.33. The van der Waals surface area contributed by atoms with Gasteiger partial charge in [-0.25, -0.2) is 0 Å². The fourth-order valence-electron chi connectivity index (χ4n) is 2.30. The van der Waals surface area contributed by atoms with E-state index in [9.17, 15) is 0 Å². The van der Waals surface area contributed by atoms with Crippen LogP contribution in [0.1, 0.15) is 39.5 Å². The van der Waals surface area contributed by atoms with E-state index in [1.165, 1.54) is 43.6 Å². The molecule has 0 spiro atoms. The number of hydrogen-bond acceptors (Lipinski definition) is 2. The molecule has 0 aromatic rings. The minimum absolute atomic E-state index is 0.657. The van der Waals surface area contributed by atoms with Crippen molar-refractivity contribution in [2.45, 2.75) is 39.5 Å². The lowest BCUT2D eigenvalue weighted by molar-refractivity contribution is 0.276. The lowest BCUT2D eigenvalue weighted by Gasteiger charge is -2.32. The van der Waals surface area contributed by atoms with Crippen LogP contribution < -0.4 is 5.73 Å². The molecule has 2 nitrogen and oxygen atoms in total. The molecule has 2 N–H and O–H groups in total. The van der Waals surface area contributed by atoms with Crippen LogP contribution >= 0.6 is 0 Å². The van der Waals surface area contributed by atoms with Crippen LogP contribution in [-0.2, 0) is 0 Å². The van der Waals surface area contributed by atoms with Crippen molar-refractivity contribution in [3.63, 3.8) is 0 Å². The molecule has 0 aromatic heterocycles. The van der Waals surface area contributed by atoms with Crippen LogP contribution in [-0.4, -0.2) is 24.5 Å². The molecule has 2 heteroatoms. The molecule has 0 saturated carbocycles. The van der Waals surface area contributed by atoms with Crippen molar-refractivity contribution >= 4 is 0 Å². The van der Waals surface area contributed by atoms with Gasteiger partial charge in [-0.05, 0) is 38.2 Å². The second-order valence-corrected chi connectivity index (χ2v) is 4.08. The van der Waals surface area contributed by atoms with Crippen LogP contribution in [0.3, 0.4) is 0 Å². The number of nitrogens with zero attached hydrogens (tertiary/aromatic N) is 1. The Labute approximate surface area is 93.8 Å². The molecular formula is C13H24N2. The maximum Gasteiger partial charge on any atom is 0.0195 e. The number of piperidine rings is 1. The molecule has 1 fully saturated rings. The number of likely N-dealkylation sites (tertiary alicyclic amines) is 1. The Morgan fingerprint density at radius 1 is 1.27 bits per heavy atom. The lowest BCUT2D eigenvalue weighted by atomic mass is 10.1. The van der Waals surface area contributed by atoms with E-state index in [2.05, 4.69) is 30.9 Å². The molecule has 0 radical (unpaired) electrons. The lowest BCUT2D eigenvalue weighted by Crippen LogP contribution is -2.30. The fourth-order valence-corrected chi connectivity index (χ4v) is 2.30. The first kappa shape index (κ1) is 12.3. The summed E-state index contributed by atoms with van der Waals surface area (Å²) < 4.78 is 0. The highest BCUT2D eigenvalue weighted by Crippen LogP contribution is 2.20. The number of rotatable bonds is 4. The van der Waals surface area contributed by atoms with Crippen molar-refractivity contribution in [3.8, 4) is 0 Å². The standard InChI is InChI=1S/C13H24N2/c1-3-8-12(11-14)13(4-2)15-9-6-5-7-10-15/h3,8H,4-7,9-11,14H2,1-2H3/b8-3-,13-12-. The highest BCUT2D eigenvalue weighted by atomic mass is 15.1. The van der Waals surface area contributed by atoms with Crippen LogP contribution in [0.5, 0.6) is 0 Å². The van der Waals surface area contributed by atoms with Gasteiger partial charge in [0.25, 0.3) is 0 Å². The number of hydrogen-bond donors (Lipinski definition) is 1. The zero-order valence-electron chi connectivity index (χ0n) is 10.1. The Hall–Kier alpha value is -0.760. The van der Waals surface area contributed by atoms with Gasteiger partial charge in [-0.1, -0.05) is 19.1 Å². The predicted octanol–water partition coefficient (Wildman–Crippen LogP) is 2.67. The SMILES string of the molecule is C/C=C\C(CN)=C(/CC)N1CCCCC1. The molecule has 0 atom stereocenters. The maximum atomic E-state index is 5.81. The number of nitrogens with two attached hydrogens (primary N) is 1. The van der Waals surface area contributed by atoms with Gasteiger partial charge >= 0.3 is 0 Å². The molecule has 0 unspecified atom stereocenters. The monoisotopic (exact) mass is 208 g/mol. The zero-order chi connectivity index (χ0) is 11.1. The highest BCUT2D eigenvalue weighted by Gasteiger charge is 2.14. The van der Waals surface area contributed by atoms with Gasteiger partial charge in [-0.3, -0.25) is 0 Å². The maximum absolute atomic E-state index is 5.81.